The molecule has 0 fully saturated rings. The Bertz CT molecular complexity index is 759. The maximum absolute atomic E-state index is 12.3. The van der Waals surface area contributed by atoms with Gasteiger partial charge in [0.15, 0.2) is 6.61 Å². The summed E-state index contributed by atoms with van der Waals surface area (Å²) in [6.07, 6.45) is 0.486. The molecule has 0 saturated carbocycles. The molecule has 1 aromatic carbocycles. The molecule has 9 nitrogen and oxygen atoms in total. The van der Waals surface area contributed by atoms with Crippen LogP contribution in [0.3, 0.4) is 0 Å². The summed E-state index contributed by atoms with van der Waals surface area (Å²) < 4.78 is 20.9. The third kappa shape index (κ3) is 6.41. The number of ether oxygens (including phenoxy) is 4. The lowest BCUT2D eigenvalue weighted by Crippen LogP contribution is -2.51. The second-order valence-corrected chi connectivity index (χ2v) is 6.03. The van der Waals surface area contributed by atoms with Crippen LogP contribution in [0.4, 0.5) is 4.79 Å². The van der Waals surface area contributed by atoms with Crippen LogP contribution in [-0.2, 0) is 19.1 Å². The number of rotatable bonds is 10. The number of hydrogen-bond acceptors (Lipinski definition) is 7. The van der Waals surface area contributed by atoms with E-state index in [0.29, 0.717) is 24.5 Å². The number of benzene rings is 1. The largest absolute Gasteiger partial charge is 0.494 e. The maximum Gasteiger partial charge on any atom is 0.344 e. The van der Waals surface area contributed by atoms with Gasteiger partial charge in [0, 0.05) is 0 Å². The van der Waals surface area contributed by atoms with Crippen molar-refractivity contribution in [2.75, 3.05) is 26.4 Å². The van der Waals surface area contributed by atoms with Gasteiger partial charge in [0.1, 0.15) is 18.1 Å². The minimum atomic E-state index is -0.643. The molecule has 1 aromatic rings. The van der Waals surface area contributed by atoms with Crippen LogP contribution in [0.15, 0.2) is 35.5 Å². The van der Waals surface area contributed by atoms with Crippen LogP contribution in [0.25, 0.3) is 0 Å². The number of amides is 2. The van der Waals surface area contributed by atoms with E-state index in [4.69, 9.17) is 18.9 Å². The van der Waals surface area contributed by atoms with E-state index < -0.39 is 24.0 Å². The van der Waals surface area contributed by atoms with Crippen molar-refractivity contribution in [3.05, 3.63) is 35.5 Å². The first kappa shape index (κ1) is 22.1. The summed E-state index contributed by atoms with van der Waals surface area (Å²) in [5.41, 5.74) is 0.447. The molecule has 1 heterocycles. The SMILES string of the molecule is CCOC(=O)C1=C(COC(=O)COc2ccc(OCC)cc2)NC(=O)N[C@H]1CC. The second kappa shape index (κ2) is 10.9. The molecule has 0 unspecified atom stereocenters. The van der Waals surface area contributed by atoms with E-state index in [1.165, 1.54) is 0 Å². The lowest BCUT2D eigenvalue weighted by Gasteiger charge is -2.28. The van der Waals surface area contributed by atoms with Gasteiger partial charge in [-0.15, -0.1) is 0 Å². The highest BCUT2D eigenvalue weighted by Crippen LogP contribution is 2.19. The van der Waals surface area contributed by atoms with Gasteiger partial charge in [-0.25, -0.2) is 14.4 Å². The number of hydrogen-bond donors (Lipinski definition) is 2. The fraction of sp³-hybridized carbons (Fsp3) is 0.450. The first-order valence-corrected chi connectivity index (χ1v) is 9.47. The molecule has 158 valence electrons. The molecule has 2 rings (SSSR count). The van der Waals surface area contributed by atoms with Crippen LogP contribution in [-0.4, -0.2) is 50.4 Å². The van der Waals surface area contributed by atoms with E-state index in [0.717, 1.165) is 0 Å². The molecule has 29 heavy (non-hydrogen) atoms. The molecular weight excluding hydrogens is 380 g/mol. The number of nitrogens with one attached hydrogen (secondary N) is 2. The zero-order valence-corrected chi connectivity index (χ0v) is 16.8. The third-order valence-electron chi connectivity index (χ3n) is 4.02. The van der Waals surface area contributed by atoms with Crippen LogP contribution in [0.1, 0.15) is 27.2 Å². The number of esters is 2. The first-order chi connectivity index (χ1) is 14.0. The Labute approximate surface area is 169 Å². The van der Waals surface area contributed by atoms with Crippen LogP contribution in [0.5, 0.6) is 11.5 Å². The lowest BCUT2D eigenvalue weighted by molar-refractivity contribution is -0.145. The van der Waals surface area contributed by atoms with Gasteiger partial charge in [0.05, 0.1) is 30.5 Å². The highest BCUT2D eigenvalue weighted by molar-refractivity contribution is 5.94. The van der Waals surface area contributed by atoms with Crippen molar-refractivity contribution in [3.63, 3.8) is 0 Å². The Morgan fingerprint density at radius 3 is 2.21 bits per heavy atom. The summed E-state index contributed by atoms with van der Waals surface area (Å²) in [5.74, 6) is -0.0232. The number of carbonyl (C=O) groups is 3. The molecule has 0 aliphatic carbocycles. The van der Waals surface area contributed by atoms with Gasteiger partial charge < -0.3 is 29.6 Å². The summed E-state index contributed by atoms with van der Waals surface area (Å²) in [6, 6.07) is 5.83. The maximum atomic E-state index is 12.3. The van der Waals surface area contributed by atoms with Crippen molar-refractivity contribution < 1.29 is 33.3 Å². The zero-order chi connectivity index (χ0) is 21.2. The van der Waals surface area contributed by atoms with Crippen molar-refractivity contribution >= 4 is 18.0 Å². The van der Waals surface area contributed by atoms with E-state index in [2.05, 4.69) is 10.6 Å². The molecule has 9 heteroatoms. The van der Waals surface area contributed by atoms with Crippen LogP contribution in [0.2, 0.25) is 0 Å². The van der Waals surface area contributed by atoms with Gasteiger partial charge in [-0.1, -0.05) is 6.92 Å². The summed E-state index contributed by atoms with van der Waals surface area (Å²) in [7, 11) is 0. The van der Waals surface area contributed by atoms with Crippen LogP contribution in [0, 0.1) is 0 Å². The zero-order valence-electron chi connectivity index (χ0n) is 16.8. The standard InChI is InChI=1S/C20H26N2O7/c1-4-15-18(19(24)27-6-3)16(22-20(25)21-15)11-29-17(23)12-28-14-9-7-13(8-10-14)26-5-2/h7-10,15H,4-6,11-12H2,1-3H3,(H2,21,22,25)/t15-/m0/s1. The van der Waals surface area contributed by atoms with E-state index in [9.17, 15) is 14.4 Å². The highest BCUT2D eigenvalue weighted by atomic mass is 16.6. The minimum Gasteiger partial charge on any atom is -0.494 e. The first-order valence-electron chi connectivity index (χ1n) is 9.47. The molecule has 0 saturated heterocycles. The van der Waals surface area contributed by atoms with Crippen molar-refractivity contribution in [1.29, 1.82) is 0 Å². The lowest BCUT2D eigenvalue weighted by atomic mass is 10.0. The predicted octanol–water partition coefficient (Wildman–Crippen LogP) is 1.92. The van der Waals surface area contributed by atoms with Crippen molar-refractivity contribution in [1.82, 2.24) is 10.6 Å². The van der Waals surface area contributed by atoms with Crippen molar-refractivity contribution in [2.45, 2.75) is 33.2 Å². The average molecular weight is 406 g/mol. The molecule has 1 aliphatic rings. The quantitative estimate of drug-likeness (QED) is 0.571. The molecule has 0 spiro atoms. The van der Waals surface area contributed by atoms with Gasteiger partial charge in [0.25, 0.3) is 0 Å². The topological polar surface area (TPSA) is 112 Å². The number of urea groups is 1. The van der Waals surface area contributed by atoms with E-state index in [1.54, 1.807) is 31.2 Å². The van der Waals surface area contributed by atoms with Crippen molar-refractivity contribution in [3.8, 4) is 11.5 Å². The summed E-state index contributed by atoms with van der Waals surface area (Å²) >= 11 is 0. The molecule has 2 amide bonds. The van der Waals surface area contributed by atoms with Crippen LogP contribution < -0.4 is 20.1 Å². The minimum absolute atomic E-state index is 0.190. The number of carbonyl (C=O) groups excluding carboxylic acids is 3. The predicted molar refractivity (Wildman–Crippen MR) is 103 cm³/mol. The van der Waals surface area contributed by atoms with Gasteiger partial charge in [-0.2, -0.15) is 0 Å². The monoisotopic (exact) mass is 406 g/mol. The molecule has 0 radical (unpaired) electrons. The normalized spacial score (nSPS) is 15.8. The fourth-order valence-corrected chi connectivity index (χ4v) is 2.71. The average Bonchev–Trinajstić information content (AvgIpc) is 2.71. The highest BCUT2D eigenvalue weighted by Gasteiger charge is 2.32. The fourth-order valence-electron chi connectivity index (χ4n) is 2.71. The summed E-state index contributed by atoms with van der Waals surface area (Å²) in [6.45, 7) is 5.55. The van der Waals surface area contributed by atoms with Crippen LogP contribution >= 0.6 is 0 Å². The third-order valence-corrected chi connectivity index (χ3v) is 4.02. The Balaban J connectivity index is 1.96. The summed E-state index contributed by atoms with van der Waals surface area (Å²) in [5, 5.41) is 5.16. The van der Waals surface area contributed by atoms with Gasteiger partial charge >= 0.3 is 18.0 Å². The van der Waals surface area contributed by atoms with E-state index in [-0.39, 0.29) is 31.1 Å². The Morgan fingerprint density at radius 1 is 0.966 bits per heavy atom. The molecule has 0 bridgehead atoms. The van der Waals surface area contributed by atoms with Gasteiger partial charge in [-0.05, 0) is 44.5 Å². The van der Waals surface area contributed by atoms with E-state index >= 15 is 0 Å². The smallest absolute Gasteiger partial charge is 0.344 e. The molecule has 0 aromatic heterocycles. The van der Waals surface area contributed by atoms with E-state index in [1.807, 2.05) is 13.8 Å². The van der Waals surface area contributed by atoms with Gasteiger partial charge in [-0.3, -0.25) is 0 Å². The molecule has 1 aliphatic heterocycles. The second-order valence-electron chi connectivity index (χ2n) is 6.03. The molecular formula is C20H26N2O7. The Hall–Kier alpha value is -3.23. The van der Waals surface area contributed by atoms with Crippen molar-refractivity contribution in [2.24, 2.45) is 0 Å². The molecule has 1 atom stereocenters. The molecule has 2 N–H and O–H groups in total. The summed E-state index contributed by atoms with van der Waals surface area (Å²) in [4.78, 5) is 36.1. The van der Waals surface area contributed by atoms with Gasteiger partial charge in [0.2, 0.25) is 0 Å². The Kier molecular flexibility index (Phi) is 8.32. The Morgan fingerprint density at radius 2 is 1.62 bits per heavy atom.